The van der Waals surface area contributed by atoms with Crippen LogP contribution in [-0.2, 0) is 18.6 Å². The van der Waals surface area contributed by atoms with Gasteiger partial charge in [-0.1, -0.05) is 0 Å². The lowest BCUT2D eigenvalue weighted by Gasteiger charge is -2.12. The molecule has 0 aromatic heterocycles. The van der Waals surface area contributed by atoms with Gasteiger partial charge in [0.25, 0.3) is 0 Å². The van der Waals surface area contributed by atoms with Crippen LogP contribution in [0, 0.1) is 0 Å². The fourth-order valence-corrected chi connectivity index (χ4v) is 3.40. The molecule has 0 aromatic rings. The van der Waals surface area contributed by atoms with Gasteiger partial charge in [0.1, 0.15) is 0 Å². The fraction of sp³-hybridized carbons (Fsp3) is 0.300. The molecular weight excluding hydrogens is 268 g/mol. The van der Waals surface area contributed by atoms with Crippen molar-refractivity contribution in [3.63, 3.8) is 0 Å². The normalized spacial score (nSPS) is 20.6. The molecule has 5 nitrogen and oxygen atoms in total. The Morgan fingerprint density at radius 3 is 2.76 bits per heavy atom. The number of hydrogen-bond donors (Lipinski definition) is 1. The maximum atomic E-state index is 11.3. The van der Waals surface area contributed by atoms with E-state index in [0.29, 0.717) is 24.0 Å². The summed E-state index contributed by atoms with van der Waals surface area (Å²) in [6, 6.07) is 0. The highest BCUT2D eigenvalue weighted by atomic mass is 35.7. The summed E-state index contributed by atoms with van der Waals surface area (Å²) in [6.07, 6.45) is 5.35. The minimum Gasteiger partial charge on any atom is -0.480 e. The van der Waals surface area contributed by atoms with Crippen LogP contribution in [0.3, 0.4) is 0 Å². The van der Waals surface area contributed by atoms with E-state index in [0.717, 1.165) is 5.57 Å². The van der Waals surface area contributed by atoms with Crippen LogP contribution in [-0.4, -0.2) is 24.7 Å². The van der Waals surface area contributed by atoms with Gasteiger partial charge in [-0.15, -0.1) is 0 Å². The number of carboxylic acids is 1. The molecule has 0 saturated carbocycles. The van der Waals surface area contributed by atoms with E-state index >= 15 is 0 Å². The second-order valence-corrected chi connectivity index (χ2v) is 6.43. The Kier molecular flexibility index (Phi) is 3.01. The number of rotatable bonds is 3. The molecule has 1 aliphatic carbocycles. The van der Waals surface area contributed by atoms with Gasteiger partial charge in [-0.05, 0) is 35.6 Å². The van der Waals surface area contributed by atoms with E-state index in [4.69, 9.17) is 20.5 Å². The number of carboxylic acid groups (broad SMARTS) is 1. The van der Waals surface area contributed by atoms with Crippen molar-refractivity contribution < 1.29 is 23.1 Å². The predicted molar refractivity (Wildman–Crippen MR) is 60.8 cm³/mol. The van der Waals surface area contributed by atoms with Crippen molar-refractivity contribution in [1.29, 1.82) is 0 Å². The number of halogens is 1. The molecule has 2 rings (SSSR count). The second-order valence-electron chi connectivity index (χ2n) is 3.71. The number of ether oxygens (including phenoxy) is 1. The van der Waals surface area contributed by atoms with Crippen LogP contribution >= 0.6 is 10.7 Å². The predicted octanol–water partition coefficient (Wildman–Crippen LogP) is 1.53. The molecule has 2 aliphatic rings. The summed E-state index contributed by atoms with van der Waals surface area (Å²) < 4.78 is 27.6. The third-order valence-corrected chi connectivity index (χ3v) is 4.29. The Labute approximate surface area is 102 Å². The van der Waals surface area contributed by atoms with Crippen LogP contribution in [0.1, 0.15) is 12.8 Å². The Morgan fingerprint density at radius 2 is 2.18 bits per heavy atom. The topological polar surface area (TPSA) is 80.7 Å². The minimum absolute atomic E-state index is 0.318. The highest BCUT2D eigenvalue weighted by molar-refractivity contribution is 8.14. The van der Waals surface area contributed by atoms with Gasteiger partial charge in [0.2, 0.25) is 9.05 Å². The first-order chi connectivity index (χ1) is 7.91. The van der Waals surface area contributed by atoms with Crippen LogP contribution in [0.15, 0.2) is 35.3 Å². The minimum atomic E-state index is -4.19. The van der Waals surface area contributed by atoms with Crippen molar-refractivity contribution in [2.75, 3.05) is 0 Å². The maximum Gasteiger partial charge on any atom is 0.327 e. The number of carbonyl (C=O) groups is 1. The molecule has 92 valence electrons. The molecule has 1 heterocycles. The van der Waals surface area contributed by atoms with Gasteiger partial charge in [-0.3, -0.25) is 4.79 Å². The molecule has 1 aliphatic heterocycles. The number of fused-ring (bicyclic) bond motifs is 1. The average Bonchev–Trinajstić information content (AvgIpc) is 2.60. The highest BCUT2D eigenvalue weighted by Crippen LogP contribution is 2.38. The molecule has 0 saturated heterocycles. The van der Waals surface area contributed by atoms with Gasteiger partial charge in [-0.25, -0.2) is 8.42 Å². The van der Waals surface area contributed by atoms with E-state index in [-0.39, 0.29) is 0 Å². The van der Waals surface area contributed by atoms with Crippen molar-refractivity contribution in [2.24, 2.45) is 0 Å². The molecule has 1 unspecified atom stereocenters. The van der Waals surface area contributed by atoms with E-state index in [1.165, 1.54) is 12.5 Å². The quantitative estimate of drug-likeness (QED) is 0.791. The molecule has 1 N–H and O–H groups in total. The summed E-state index contributed by atoms with van der Waals surface area (Å²) in [5.74, 6) is -1.45. The van der Waals surface area contributed by atoms with Crippen molar-refractivity contribution in [2.45, 2.75) is 18.1 Å². The van der Waals surface area contributed by atoms with Crippen molar-refractivity contribution in [3.05, 3.63) is 35.3 Å². The summed E-state index contributed by atoms with van der Waals surface area (Å²) in [5.41, 5.74) is 1.72. The summed E-state index contributed by atoms with van der Waals surface area (Å²) in [6.45, 7) is 0. The first-order valence-electron chi connectivity index (χ1n) is 4.82. The van der Waals surface area contributed by atoms with Gasteiger partial charge in [0.15, 0.2) is 5.25 Å². The third-order valence-electron chi connectivity index (χ3n) is 2.70. The van der Waals surface area contributed by atoms with Crippen LogP contribution in [0.2, 0.25) is 0 Å². The second kappa shape index (κ2) is 4.19. The summed E-state index contributed by atoms with van der Waals surface area (Å²) in [7, 11) is 1.00. The van der Waals surface area contributed by atoms with Gasteiger partial charge < -0.3 is 9.84 Å². The van der Waals surface area contributed by atoms with E-state index < -0.39 is 20.3 Å². The highest BCUT2D eigenvalue weighted by Gasteiger charge is 2.38. The lowest BCUT2D eigenvalue weighted by Crippen LogP contribution is -2.28. The van der Waals surface area contributed by atoms with Crippen LogP contribution in [0.4, 0.5) is 0 Å². The third kappa shape index (κ3) is 2.23. The van der Waals surface area contributed by atoms with E-state index in [1.807, 2.05) is 0 Å². The molecule has 0 bridgehead atoms. The first-order valence-corrected chi connectivity index (χ1v) is 7.19. The molecule has 0 amide bonds. The molecule has 0 spiro atoms. The maximum absolute atomic E-state index is 11.3. The summed E-state index contributed by atoms with van der Waals surface area (Å²) in [4.78, 5) is 11.0. The number of allylic oxidation sites excluding steroid dienone is 3. The molecular formula is C10H9ClO5S. The van der Waals surface area contributed by atoms with Crippen molar-refractivity contribution in [3.8, 4) is 0 Å². The monoisotopic (exact) mass is 276 g/mol. The van der Waals surface area contributed by atoms with Crippen LogP contribution in [0.5, 0.6) is 0 Å². The SMILES string of the molecule is O=C(O)C(C1=C2C=COC=C2CC1)S(=O)(=O)Cl. The van der Waals surface area contributed by atoms with Gasteiger partial charge in [0.05, 0.1) is 12.5 Å². The zero-order valence-electron chi connectivity index (χ0n) is 8.59. The lowest BCUT2D eigenvalue weighted by molar-refractivity contribution is -0.135. The summed E-state index contributed by atoms with van der Waals surface area (Å²) in [5, 5.41) is 7.30. The van der Waals surface area contributed by atoms with Crippen molar-refractivity contribution in [1.82, 2.24) is 0 Å². The average molecular weight is 277 g/mol. The Morgan fingerprint density at radius 1 is 1.47 bits per heavy atom. The van der Waals surface area contributed by atoms with Crippen LogP contribution in [0.25, 0.3) is 0 Å². The lowest BCUT2D eigenvalue weighted by atomic mass is 10.1. The zero-order valence-corrected chi connectivity index (χ0v) is 10.2. The molecule has 0 fully saturated rings. The van der Waals surface area contributed by atoms with Gasteiger partial charge in [-0.2, -0.15) is 0 Å². The van der Waals surface area contributed by atoms with E-state index in [1.54, 1.807) is 6.08 Å². The van der Waals surface area contributed by atoms with Crippen LogP contribution < -0.4 is 0 Å². The standard InChI is InChI=1S/C10H9ClO5S/c11-17(14,15)9(10(12)13)8-2-1-6-5-16-4-3-7(6)8/h3-5,9H,1-2H2,(H,12,13). The Balaban J connectivity index is 2.52. The summed E-state index contributed by atoms with van der Waals surface area (Å²) >= 11 is 0. The molecule has 7 heteroatoms. The number of hydrogen-bond acceptors (Lipinski definition) is 4. The van der Waals surface area contributed by atoms with Crippen molar-refractivity contribution >= 4 is 25.7 Å². The smallest absolute Gasteiger partial charge is 0.327 e. The van der Waals surface area contributed by atoms with E-state index in [2.05, 4.69) is 0 Å². The first kappa shape index (κ1) is 12.2. The molecule has 0 radical (unpaired) electrons. The molecule has 0 aromatic carbocycles. The van der Waals surface area contributed by atoms with Gasteiger partial charge in [0, 0.05) is 10.7 Å². The fourth-order valence-electron chi connectivity index (χ4n) is 2.02. The zero-order chi connectivity index (χ0) is 12.6. The molecule has 1 atom stereocenters. The Bertz CT molecular complexity index is 555. The van der Waals surface area contributed by atoms with Gasteiger partial charge >= 0.3 is 5.97 Å². The number of aliphatic carboxylic acids is 1. The largest absolute Gasteiger partial charge is 0.480 e. The van der Waals surface area contributed by atoms with E-state index in [9.17, 15) is 13.2 Å². The Hall–Kier alpha value is -1.27. The molecule has 17 heavy (non-hydrogen) atoms.